The molecule has 0 spiro atoms. The molecule has 1 aromatic rings. The molecule has 4 nitrogen and oxygen atoms in total. The Morgan fingerprint density at radius 2 is 2.29 bits per heavy atom. The summed E-state index contributed by atoms with van der Waals surface area (Å²) in [5.41, 5.74) is 7.75. The lowest BCUT2D eigenvalue weighted by molar-refractivity contribution is 0.218. The van der Waals surface area contributed by atoms with Gasteiger partial charge in [0.2, 0.25) is 0 Å². The molecule has 0 bridgehead atoms. The summed E-state index contributed by atoms with van der Waals surface area (Å²) in [6, 6.07) is 0. The van der Waals surface area contributed by atoms with E-state index in [1.165, 1.54) is 0 Å². The molecule has 5 heteroatoms. The summed E-state index contributed by atoms with van der Waals surface area (Å²) in [5, 5.41) is 5.38. The molecule has 0 saturated carbocycles. The van der Waals surface area contributed by atoms with Gasteiger partial charge in [-0.25, -0.2) is 0 Å². The molecule has 0 atom stereocenters. The highest BCUT2D eigenvalue weighted by atomic mass is 32.2. The molecule has 80 valence electrons. The zero-order valence-corrected chi connectivity index (χ0v) is 9.73. The minimum Gasteiger partial charge on any atom is -0.395 e. The van der Waals surface area contributed by atoms with Gasteiger partial charge < -0.3 is 10.5 Å². The van der Waals surface area contributed by atoms with Gasteiger partial charge in [-0.05, 0) is 6.42 Å². The minimum absolute atomic E-state index is 0.733. The van der Waals surface area contributed by atoms with Gasteiger partial charge in [-0.1, -0.05) is 6.92 Å². The fourth-order valence-electron chi connectivity index (χ4n) is 1.23. The van der Waals surface area contributed by atoms with E-state index in [2.05, 4.69) is 12.0 Å². The Bertz CT molecular complexity index is 298. The first kappa shape index (κ1) is 11.4. The highest BCUT2D eigenvalue weighted by Gasteiger charge is 2.11. The number of ether oxygens (including phenoxy) is 1. The van der Waals surface area contributed by atoms with E-state index in [-0.39, 0.29) is 0 Å². The van der Waals surface area contributed by atoms with E-state index in [4.69, 9.17) is 10.5 Å². The van der Waals surface area contributed by atoms with Crippen molar-refractivity contribution < 1.29 is 4.74 Å². The Labute approximate surface area is 88.8 Å². The summed E-state index contributed by atoms with van der Waals surface area (Å²) < 4.78 is 6.83. The van der Waals surface area contributed by atoms with Gasteiger partial charge in [0.1, 0.15) is 5.03 Å². The summed E-state index contributed by atoms with van der Waals surface area (Å²) in [6.45, 7) is 2.79. The summed E-state index contributed by atoms with van der Waals surface area (Å²) in [6.07, 6.45) is 0.879. The third-order valence-corrected chi connectivity index (χ3v) is 3.10. The van der Waals surface area contributed by atoms with Crippen LogP contribution in [0.15, 0.2) is 5.03 Å². The number of thioether (sulfide) groups is 1. The maximum absolute atomic E-state index is 5.95. The maximum atomic E-state index is 5.95. The van der Waals surface area contributed by atoms with Gasteiger partial charge in [0.05, 0.1) is 18.0 Å². The van der Waals surface area contributed by atoms with Gasteiger partial charge in [-0.15, -0.1) is 11.8 Å². The van der Waals surface area contributed by atoms with Gasteiger partial charge >= 0.3 is 0 Å². The second-order valence-electron chi connectivity index (χ2n) is 2.98. The van der Waals surface area contributed by atoms with E-state index in [1.54, 1.807) is 18.9 Å². The van der Waals surface area contributed by atoms with Crippen LogP contribution < -0.4 is 5.73 Å². The van der Waals surface area contributed by atoms with E-state index in [9.17, 15) is 0 Å². The third-order valence-electron chi connectivity index (χ3n) is 1.97. The molecule has 2 N–H and O–H groups in total. The molecule has 0 aliphatic rings. The van der Waals surface area contributed by atoms with E-state index < -0.39 is 0 Å². The number of hydrogen-bond donors (Lipinski definition) is 1. The SMILES string of the molecule is CCc1nn(C)c(SCCOC)c1N. The van der Waals surface area contributed by atoms with Crippen molar-refractivity contribution >= 4 is 17.4 Å². The van der Waals surface area contributed by atoms with Crippen molar-refractivity contribution in [1.82, 2.24) is 9.78 Å². The normalized spacial score (nSPS) is 10.8. The first-order valence-corrected chi connectivity index (χ1v) is 5.62. The molecule has 0 aliphatic carbocycles. The standard InChI is InChI=1S/C9H17N3OS/c1-4-7-8(10)9(12(2)11-7)14-6-5-13-3/h4-6,10H2,1-3H3. The number of nitrogens with two attached hydrogens (primary N) is 1. The van der Waals surface area contributed by atoms with Crippen LogP contribution in [0.3, 0.4) is 0 Å². The van der Waals surface area contributed by atoms with Crippen LogP contribution in [0.25, 0.3) is 0 Å². The molecule has 0 unspecified atom stereocenters. The highest BCUT2D eigenvalue weighted by Crippen LogP contribution is 2.27. The van der Waals surface area contributed by atoms with E-state index in [1.807, 2.05) is 11.7 Å². The Kier molecular flexibility index (Phi) is 4.28. The lowest BCUT2D eigenvalue weighted by Crippen LogP contribution is -1.97. The molecular weight excluding hydrogens is 198 g/mol. The largest absolute Gasteiger partial charge is 0.395 e. The third kappa shape index (κ3) is 2.42. The topological polar surface area (TPSA) is 53.1 Å². The van der Waals surface area contributed by atoms with Crippen LogP contribution in [0.4, 0.5) is 5.69 Å². The number of hydrogen-bond acceptors (Lipinski definition) is 4. The van der Waals surface area contributed by atoms with Gasteiger partial charge in [0.25, 0.3) is 0 Å². The molecule has 0 aromatic carbocycles. The molecule has 1 aromatic heterocycles. The molecule has 14 heavy (non-hydrogen) atoms. The Balaban J connectivity index is 2.70. The number of rotatable bonds is 5. The Morgan fingerprint density at radius 3 is 2.79 bits per heavy atom. The Morgan fingerprint density at radius 1 is 1.57 bits per heavy atom. The molecule has 1 heterocycles. The van der Waals surface area contributed by atoms with Gasteiger partial charge in [0, 0.05) is 19.9 Å². The number of nitrogens with zero attached hydrogens (tertiary/aromatic N) is 2. The molecule has 0 amide bonds. The average Bonchev–Trinajstić information content (AvgIpc) is 2.45. The first-order chi connectivity index (χ1) is 6.70. The molecule has 0 aliphatic heterocycles. The van der Waals surface area contributed by atoms with Crippen molar-refractivity contribution in [1.29, 1.82) is 0 Å². The lowest BCUT2D eigenvalue weighted by Gasteiger charge is -2.02. The van der Waals surface area contributed by atoms with E-state index in [0.29, 0.717) is 0 Å². The summed E-state index contributed by atoms with van der Waals surface area (Å²) in [7, 11) is 3.62. The van der Waals surface area contributed by atoms with Crippen molar-refractivity contribution in [2.75, 3.05) is 25.2 Å². The van der Waals surface area contributed by atoms with Crippen molar-refractivity contribution in [2.24, 2.45) is 7.05 Å². The number of aryl methyl sites for hydroxylation is 2. The van der Waals surface area contributed by atoms with Crippen LogP contribution in [0.1, 0.15) is 12.6 Å². The lowest BCUT2D eigenvalue weighted by atomic mass is 10.3. The van der Waals surface area contributed by atoms with Crippen molar-refractivity contribution in [2.45, 2.75) is 18.4 Å². The van der Waals surface area contributed by atoms with E-state index >= 15 is 0 Å². The molecule has 1 rings (SSSR count). The Hall–Kier alpha value is -0.680. The summed E-state index contributed by atoms with van der Waals surface area (Å²) in [5.74, 6) is 0.906. The van der Waals surface area contributed by atoms with Gasteiger partial charge in [0.15, 0.2) is 0 Å². The average molecular weight is 215 g/mol. The van der Waals surface area contributed by atoms with Crippen LogP contribution in [0, 0.1) is 0 Å². The summed E-state index contributed by atoms with van der Waals surface area (Å²) in [4.78, 5) is 0. The molecular formula is C9H17N3OS. The van der Waals surface area contributed by atoms with Crippen LogP contribution in [-0.4, -0.2) is 29.3 Å². The summed E-state index contributed by atoms with van der Waals surface area (Å²) >= 11 is 1.68. The fraction of sp³-hybridized carbons (Fsp3) is 0.667. The molecule has 0 fully saturated rings. The number of anilines is 1. The highest BCUT2D eigenvalue weighted by molar-refractivity contribution is 7.99. The monoisotopic (exact) mass is 215 g/mol. The molecule has 0 radical (unpaired) electrons. The predicted molar refractivity (Wildman–Crippen MR) is 59.6 cm³/mol. The smallest absolute Gasteiger partial charge is 0.117 e. The second kappa shape index (κ2) is 5.26. The number of aromatic nitrogens is 2. The number of nitrogen functional groups attached to an aromatic ring is 1. The first-order valence-electron chi connectivity index (χ1n) is 4.63. The quantitative estimate of drug-likeness (QED) is 0.594. The van der Waals surface area contributed by atoms with Crippen LogP contribution in [-0.2, 0) is 18.2 Å². The minimum atomic E-state index is 0.733. The van der Waals surface area contributed by atoms with Crippen molar-refractivity contribution in [3.63, 3.8) is 0 Å². The predicted octanol–water partition coefficient (Wildman–Crippen LogP) is 1.30. The zero-order valence-electron chi connectivity index (χ0n) is 8.91. The van der Waals surface area contributed by atoms with E-state index in [0.717, 1.165) is 35.2 Å². The van der Waals surface area contributed by atoms with Crippen LogP contribution in [0.2, 0.25) is 0 Å². The van der Waals surface area contributed by atoms with Crippen LogP contribution >= 0.6 is 11.8 Å². The number of methoxy groups -OCH3 is 1. The fourth-order valence-corrected chi connectivity index (χ4v) is 2.18. The molecule has 0 saturated heterocycles. The van der Waals surface area contributed by atoms with Crippen molar-refractivity contribution in [3.05, 3.63) is 5.69 Å². The zero-order chi connectivity index (χ0) is 10.6. The van der Waals surface area contributed by atoms with Gasteiger partial charge in [-0.3, -0.25) is 4.68 Å². The van der Waals surface area contributed by atoms with Gasteiger partial charge in [-0.2, -0.15) is 5.10 Å². The maximum Gasteiger partial charge on any atom is 0.117 e. The van der Waals surface area contributed by atoms with Crippen molar-refractivity contribution in [3.8, 4) is 0 Å². The second-order valence-corrected chi connectivity index (χ2v) is 4.07. The van der Waals surface area contributed by atoms with Crippen LogP contribution in [0.5, 0.6) is 0 Å².